The van der Waals surface area contributed by atoms with E-state index in [0.29, 0.717) is 25.8 Å². The number of nitrogens with one attached hydrogen (secondary N) is 1. The largest absolute Gasteiger partial charge is 1.00 e. The first-order valence-electron chi connectivity index (χ1n) is 6.03. The van der Waals surface area contributed by atoms with Gasteiger partial charge in [-0.3, -0.25) is 9.83 Å². The molecule has 1 aromatic carbocycles. The fourth-order valence-electron chi connectivity index (χ4n) is 1.36. The molecule has 130 valence electrons. The van der Waals surface area contributed by atoms with E-state index in [0.717, 1.165) is 0 Å². The third-order valence-electron chi connectivity index (χ3n) is 2.25. The SMILES string of the molecule is O=C(CCI)Nc1cc(SOO[O-])ccc1OS(=O)(=O)CCI.[Na+]. The van der Waals surface area contributed by atoms with Gasteiger partial charge in [-0.2, -0.15) is 12.8 Å². The molecule has 1 aromatic rings. The van der Waals surface area contributed by atoms with Crippen LogP contribution in [-0.4, -0.2) is 28.9 Å². The number of amides is 1. The molecule has 1 N–H and O–H groups in total. The maximum absolute atomic E-state index is 11.8. The topological polar surface area (TPSA) is 114 Å². The smallest absolute Gasteiger partial charge is 0.691 e. The molecule has 0 atom stereocenters. The molecular formula is C11H12I2NNaO7S2. The van der Waals surface area contributed by atoms with Crippen molar-refractivity contribution in [3.8, 4) is 5.75 Å². The maximum atomic E-state index is 11.8. The van der Waals surface area contributed by atoms with Crippen LogP contribution in [0.15, 0.2) is 23.1 Å². The molecule has 24 heavy (non-hydrogen) atoms. The third kappa shape index (κ3) is 9.72. The second kappa shape index (κ2) is 13.3. The third-order valence-corrected chi connectivity index (χ3v) is 5.77. The van der Waals surface area contributed by atoms with Crippen LogP contribution >= 0.6 is 57.2 Å². The van der Waals surface area contributed by atoms with Crippen molar-refractivity contribution in [3.63, 3.8) is 0 Å². The molecular weight excluding hydrogens is 599 g/mol. The predicted molar refractivity (Wildman–Crippen MR) is 99.9 cm³/mol. The van der Waals surface area contributed by atoms with E-state index in [1.54, 1.807) is 0 Å². The first kappa shape index (κ1) is 25.1. The van der Waals surface area contributed by atoms with E-state index in [4.69, 9.17) is 4.18 Å². The van der Waals surface area contributed by atoms with Crippen LogP contribution in [0.5, 0.6) is 5.75 Å². The number of rotatable bonds is 10. The number of carbonyl (C=O) groups is 1. The summed E-state index contributed by atoms with van der Waals surface area (Å²) in [6.45, 7) is 0. The van der Waals surface area contributed by atoms with E-state index in [2.05, 4.69) is 14.7 Å². The molecule has 0 saturated carbocycles. The minimum atomic E-state index is -3.76. The van der Waals surface area contributed by atoms with Gasteiger partial charge in [-0.05, 0) is 18.2 Å². The number of hydrogen-bond donors (Lipinski definition) is 1. The zero-order valence-corrected chi connectivity index (χ0v) is 20.4. The Morgan fingerprint density at radius 3 is 2.58 bits per heavy atom. The summed E-state index contributed by atoms with van der Waals surface area (Å²) >= 11 is 4.59. The number of hydrogen-bond acceptors (Lipinski definition) is 8. The molecule has 0 aliphatic heterocycles. The average Bonchev–Trinajstić information content (AvgIpc) is 2.47. The van der Waals surface area contributed by atoms with Crippen LogP contribution in [0.4, 0.5) is 5.69 Å². The van der Waals surface area contributed by atoms with Gasteiger partial charge in [0.15, 0.2) is 5.75 Å². The molecule has 13 heteroatoms. The number of alkyl halides is 2. The van der Waals surface area contributed by atoms with Gasteiger partial charge in [-0.25, -0.2) is 0 Å². The van der Waals surface area contributed by atoms with Gasteiger partial charge in [0.2, 0.25) is 5.91 Å². The van der Waals surface area contributed by atoms with Gasteiger partial charge in [0, 0.05) is 20.2 Å². The van der Waals surface area contributed by atoms with Gasteiger partial charge in [0.1, 0.15) is 0 Å². The summed E-state index contributed by atoms with van der Waals surface area (Å²) < 4.78 is 33.8. The van der Waals surface area contributed by atoms with E-state index < -0.39 is 10.1 Å². The Balaban J connectivity index is 0.00000529. The normalized spacial score (nSPS) is 10.8. The van der Waals surface area contributed by atoms with Gasteiger partial charge in [0.05, 0.1) is 23.5 Å². The summed E-state index contributed by atoms with van der Waals surface area (Å²) in [6.07, 6.45) is 0.262. The van der Waals surface area contributed by atoms with E-state index in [1.165, 1.54) is 18.2 Å². The van der Waals surface area contributed by atoms with Gasteiger partial charge >= 0.3 is 39.7 Å². The minimum absolute atomic E-state index is 0. The van der Waals surface area contributed by atoms with Crippen molar-refractivity contribution < 1.29 is 61.6 Å². The molecule has 0 saturated heterocycles. The number of benzene rings is 1. The van der Waals surface area contributed by atoms with Crippen molar-refractivity contribution >= 4 is 78.9 Å². The summed E-state index contributed by atoms with van der Waals surface area (Å²) in [5.41, 5.74) is 0.163. The minimum Gasteiger partial charge on any atom is -0.691 e. The Labute approximate surface area is 193 Å². The van der Waals surface area contributed by atoms with Crippen molar-refractivity contribution in [2.75, 3.05) is 19.9 Å². The van der Waals surface area contributed by atoms with Gasteiger partial charge in [-0.15, -0.1) is 0 Å². The number of halogens is 2. The Kier molecular flexibility index (Phi) is 13.9. The summed E-state index contributed by atoms with van der Waals surface area (Å²) in [6, 6.07) is 4.25. The molecule has 0 spiro atoms. The molecule has 0 heterocycles. The average molecular weight is 611 g/mol. The zero-order chi connectivity index (χ0) is 17.3. The van der Waals surface area contributed by atoms with E-state index >= 15 is 0 Å². The van der Waals surface area contributed by atoms with Gasteiger partial charge < -0.3 is 14.8 Å². The molecule has 0 bridgehead atoms. The quantitative estimate of drug-likeness (QED) is 0.0671. The van der Waals surface area contributed by atoms with Gasteiger partial charge in [0.25, 0.3) is 0 Å². The Bertz CT molecular complexity index is 633. The second-order valence-electron chi connectivity index (χ2n) is 3.90. The van der Waals surface area contributed by atoms with E-state index in [1.807, 2.05) is 45.2 Å². The first-order valence-corrected chi connectivity index (χ1v) is 11.4. The number of anilines is 1. The summed E-state index contributed by atoms with van der Waals surface area (Å²) in [7, 11) is -3.76. The molecule has 1 rings (SSSR count). The van der Waals surface area contributed by atoms with Crippen LogP contribution in [0.1, 0.15) is 6.42 Å². The van der Waals surface area contributed by atoms with Crippen molar-refractivity contribution in [2.45, 2.75) is 11.3 Å². The maximum Gasteiger partial charge on any atom is 1.00 e. The van der Waals surface area contributed by atoms with Crippen LogP contribution in [-0.2, 0) is 24.3 Å². The Morgan fingerprint density at radius 1 is 1.29 bits per heavy atom. The van der Waals surface area contributed by atoms with Crippen molar-refractivity contribution in [3.05, 3.63) is 18.2 Å². The van der Waals surface area contributed by atoms with Crippen LogP contribution in [0, 0.1) is 0 Å². The van der Waals surface area contributed by atoms with Crippen molar-refractivity contribution in [2.24, 2.45) is 0 Å². The molecule has 1 amide bonds. The molecule has 0 radical (unpaired) electrons. The molecule has 0 aliphatic carbocycles. The van der Waals surface area contributed by atoms with Crippen LogP contribution in [0.25, 0.3) is 0 Å². The molecule has 8 nitrogen and oxygen atoms in total. The Morgan fingerprint density at radius 2 is 2.00 bits per heavy atom. The summed E-state index contributed by atoms with van der Waals surface area (Å²) in [4.78, 5) is 12.2. The molecule has 0 fully saturated rings. The Hall–Kier alpha value is 1.13. The molecule has 0 aliphatic rings. The molecule has 0 aromatic heterocycles. The van der Waals surface area contributed by atoms with Crippen molar-refractivity contribution in [1.29, 1.82) is 0 Å². The first-order chi connectivity index (χ1) is 10.9. The zero-order valence-electron chi connectivity index (χ0n) is 12.5. The summed E-state index contributed by atoms with van der Waals surface area (Å²) in [5.74, 6) is -0.457. The van der Waals surface area contributed by atoms with E-state index in [9.17, 15) is 18.5 Å². The number of carbonyl (C=O) groups excluding carboxylic acids is 1. The monoisotopic (exact) mass is 611 g/mol. The van der Waals surface area contributed by atoms with Crippen LogP contribution in [0.2, 0.25) is 0 Å². The van der Waals surface area contributed by atoms with Crippen molar-refractivity contribution in [1.82, 2.24) is 0 Å². The fourth-order valence-corrected chi connectivity index (χ4v) is 4.55. The van der Waals surface area contributed by atoms with Crippen LogP contribution < -0.4 is 44.3 Å². The van der Waals surface area contributed by atoms with Gasteiger partial charge in [-0.1, -0.05) is 45.2 Å². The predicted octanol–water partition coefficient (Wildman–Crippen LogP) is -1.17. The van der Waals surface area contributed by atoms with Crippen LogP contribution in [0.3, 0.4) is 0 Å². The van der Waals surface area contributed by atoms with E-state index in [-0.39, 0.29) is 59.1 Å². The standard InChI is InChI=1S/C11H13I2NO7S2.Na/c12-4-3-11(15)14-9-7-8(22-21-20-16)1-2-10(9)19-23(17,18)6-5-13;/h1-2,7,16H,3-6H2,(H,14,15);/q;+1/p-1. The fraction of sp³-hybridized carbons (Fsp3) is 0.364. The second-order valence-corrected chi connectivity index (χ2v) is 8.52. The molecule has 0 unspecified atom stereocenters. The summed E-state index contributed by atoms with van der Waals surface area (Å²) in [5, 5.41) is 15.7.